The molecule has 0 aliphatic rings. The molecule has 1 heterocycles. The molecule has 1 aromatic heterocycles. The van der Waals surface area contributed by atoms with Gasteiger partial charge in [0.1, 0.15) is 10.4 Å². The van der Waals surface area contributed by atoms with Gasteiger partial charge >= 0.3 is 0 Å². The molecule has 0 unspecified atom stereocenters. The highest BCUT2D eigenvalue weighted by Crippen LogP contribution is 2.22. The fourth-order valence-electron chi connectivity index (χ4n) is 0.723. The van der Waals surface area contributed by atoms with Crippen molar-refractivity contribution in [1.82, 2.24) is 10.2 Å². The number of carbonyl (C=O) groups excluding carboxylic acids is 1. The van der Waals surface area contributed by atoms with Gasteiger partial charge in [0, 0.05) is 5.92 Å². The maximum Gasteiger partial charge on any atom is 0.243 e. The van der Waals surface area contributed by atoms with Gasteiger partial charge in [-0.25, -0.2) is 0 Å². The molecule has 0 saturated heterocycles. The molecule has 0 saturated carbocycles. The van der Waals surface area contributed by atoms with Crippen molar-refractivity contribution in [2.24, 2.45) is 0 Å². The van der Waals surface area contributed by atoms with Crippen molar-refractivity contribution in [3.05, 3.63) is 5.01 Å². The zero-order valence-corrected chi connectivity index (χ0v) is 9.82. The van der Waals surface area contributed by atoms with Gasteiger partial charge in [0.15, 0.2) is 0 Å². The Kier molecular flexibility index (Phi) is 3.83. The van der Waals surface area contributed by atoms with Gasteiger partial charge in [-0.2, -0.15) is 0 Å². The van der Waals surface area contributed by atoms with Crippen molar-refractivity contribution in [1.29, 1.82) is 0 Å². The Balaban J connectivity index is 2.64. The maximum atomic E-state index is 11.2. The van der Waals surface area contributed by atoms with Crippen molar-refractivity contribution in [2.45, 2.75) is 32.1 Å². The van der Waals surface area contributed by atoms with Gasteiger partial charge in [0.2, 0.25) is 11.0 Å². The summed E-state index contributed by atoms with van der Waals surface area (Å²) in [6.07, 6.45) is 0. The zero-order valence-electron chi connectivity index (χ0n) is 8.24. The van der Waals surface area contributed by atoms with Crippen LogP contribution in [0.25, 0.3) is 0 Å². The van der Waals surface area contributed by atoms with Crippen LogP contribution in [0, 0.1) is 0 Å². The largest absolute Gasteiger partial charge is 0.299 e. The molecule has 0 spiro atoms. The van der Waals surface area contributed by atoms with E-state index < -0.39 is 5.38 Å². The molecule has 78 valence electrons. The van der Waals surface area contributed by atoms with Crippen LogP contribution in [0.5, 0.6) is 0 Å². The summed E-state index contributed by atoms with van der Waals surface area (Å²) in [7, 11) is 0. The molecule has 6 heteroatoms. The Bertz CT molecular complexity index is 324. The second-order valence-corrected chi connectivity index (χ2v) is 4.87. The smallest absolute Gasteiger partial charge is 0.243 e. The molecule has 1 aromatic rings. The zero-order chi connectivity index (χ0) is 10.7. The predicted molar refractivity (Wildman–Crippen MR) is 57.9 cm³/mol. The van der Waals surface area contributed by atoms with E-state index in [1.165, 1.54) is 11.3 Å². The number of amides is 1. The molecule has 0 radical (unpaired) electrons. The summed E-state index contributed by atoms with van der Waals surface area (Å²) in [6.45, 7) is 5.66. The molecule has 0 fully saturated rings. The van der Waals surface area contributed by atoms with Crippen molar-refractivity contribution in [3.63, 3.8) is 0 Å². The third kappa shape index (κ3) is 2.92. The van der Waals surface area contributed by atoms with Gasteiger partial charge in [-0.1, -0.05) is 25.2 Å². The third-order valence-electron chi connectivity index (χ3n) is 1.53. The van der Waals surface area contributed by atoms with E-state index >= 15 is 0 Å². The topological polar surface area (TPSA) is 54.9 Å². The van der Waals surface area contributed by atoms with Crippen LogP contribution in [-0.2, 0) is 4.79 Å². The highest BCUT2D eigenvalue weighted by atomic mass is 35.5. The average Bonchev–Trinajstić information content (AvgIpc) is 2.52. The monoisotopic (exact) mass is 233 g/mol. The first-order valence-electron chi connectivity index (χ1n) is 4.29. The van der Waals surface area contributed by atoms with Gasteiger partial charge in [-0.15, -0.1) is 21.8 Å². The normalized spacial score (nSPS) is 12.9. The highest BCUT2D eigenvalue weighted by Gasteiger charge is 2.13. The van der Waals surface area contributed by atoms with Gasteiger partial charge in [0.25, 0.3) is 0 Å². The summed E-state index contributed by atoms with van der Waals surface area (Å²) in [6, 6.07) is 0. The minimum Gasteiger partial charge on any atom is -0.299 e. The van der Waals surface area contributed by atoms with Gasteiger partial charge in [-0.3, -0.25) is 10.1 Å². The lowest BCUT2D eigenvalue weighted by molar-refractivity contribution is -0.115. The quantitative estimate of drug-likeness (QED) is 0.815. The SMILES string of the molecule is CC(C)c1nnc(NC(=O)[C@@H](C)Cl)s1. The average molecular weight is 234 g/mol. The molecule has 0 aliphatic carbocycles. The Morgan fingerprint density at radius 2 is 2.07 bits per heavy atom. The van der Waals surface area contributed by atoms with Crippen LogP contribution in [0.4, 0.5) is 5.13 Å². The van der Waals surface area contributed by atoms with Gasteiger partial charge < -0.3 is 0 Å². The van der Waals surface area contributed by atoms with Crippen LogP contribution in [0.3, 0.4) is 0 Å². The maximum absolute atomic E-state index is 11.2. The molecule has 1 atom stereocenters. The van der Waals surface area contributed by atoms with Crippen molar-refractivity contribution in [2.75, 3.05) is 5.32 Å². The van der Waals surface area contributed by atoms with Crippen molar-refractivity contribution < 1.29 is 4.79 Å². The standard InChI is InChI=1S/C8H12ClN3OS/c1-4(2)7-11-12-8(14-7)10-6(13)5(3)9/h4-5H,1-3H3,(H,10,12,13)/t5-/m1/s1. The summed E-state index contributed by atoms with van der Waals surface area (Å²) in [4.78, 5) is 11.2. The van der Waals surface area contributed by atoms with Gasteiger partial charge in [-0.05, 0) is 6.92 Å². The molecule has 14 heavy (non-hydrogen) atoms. The van der Waals surface area contributed by atoms with Crippen molar-refractivity contribution >= 4 is 34.0 Å². The summed E-state index contributed by atoms with van der Waals surface area (Å²) in [5.74, 6) is 0.0738. The number of rotatable bonds is 3. The van der Waals surface area contributed by atoms with Crippen LogP contribution in [0.2, 0.25) is 0 Å². The number of anilines is 1. The number of hydrogen-bond donors (Lipinski definition) is 1. The minimum atomic E-state index is -0.554. The van der Waals surface area contributed by atoms with Crippen LogP contribution < -0.4 is 5.32 Å². The number of halogens is 1. The van der Waals surface area contributed by atoms with Crippen LogP contribution in [0.15, 0.2) is 0 Å². The molecule has 0 aromatic carbocycles. The Morgan fingerprint density at radius 3 is 2.50 bits per heavy atom. The van der Waals surface area contributed by atoms with E-state index in [9.17, 15) is 4.79 Å². The summed E-state index contributed by atoms with van der Waals surface area (Å²) >= 11 is 6.97. The molecule has 1 rings (SSSR count). The lowest BCUT2D eigenvalue weighted by atomic mass is 10.2. The van der Waals surface area contributed by atoms with Gasteiger partial charge in [0.05, 0.1) is 0 Å². The molecule has 0 bridgehead atoms. The summed E-state index contributed by atoms with van der Waals surface area (Å²) in [5, 5.41) is 11.2. The lowest BCUT2D eigenvalue weighted by Gasteiger charge is -2.00. The van der Waals surface area contributed by atoms with E-state index in [1.54, 1.807) is 6.92 Å². The van der Waals surface area contributed by atoms with E-state index in [-0.39, 0.29) is 5.91 Å². The van der Waals surface area contributed by atoms with E-state index in [0.717, 1.165) is 5.01 Å². The van der Waals surface area contributed by atoms with Crippen LogP contribution in [0.1, 0.15) is 31.7 Å². The van der Waals surface area contributed by atoms with E-state index in [4.69, 9.17) is 11.6 Å². The number of nitrogens with zero attached hydrogens (tertiary/aromatic N) is 2. The first-order valence-corrected chi connectivity index (χ1v) is 5.54. The third-order valence-corrected chi connectivity index (χ3v) is 2.86. The molecule has 1 N–H and O–H groups in total. The van der Waals surface area contributed by atoms with E-state index in [2.05, 4.69) is 15.5 Å². The lowest BCUT2D eigenvalue weighted by Crippen LogP contribution is -2.20. The number of alkyl halides is 1. The van der Waals surface area contributed by atoms with Crippen LogP contribution in [-0.4, -0.2) is 21.5 Å². The number of aromatic nitrogens is 2. The van der Waals surface area contributed by atoms with E-state index in [1.807, 2.05) is 13.8 Å². The number of nitrogens with one attached hydrogen (secondary N) is 1. The molecule has 1 amide bonds. The Hall–Kier alpha value is -0.680. The number of carbonyl (C=O) groups is 1. The van der Waals surface area contributed by atoms with E-state index in [0.29, 0.717) is 11.0 Å². The first kappa shape index (κ1) is 11.4. The first-order chi connectivity index (χ1) is 6.50. The fraction of sp³-hybridized carbons (Fsp3) is 0.625. The van der Waals surface area contributed by atoms with Crippen LogP contribution >= 0.6 is 22.9 Å². The summed E-state index contributed by atoms with van der Waals surface area (Å²) in [5.41, 5.74) is 0. The molecule has 4 nitrogen and oxygen atoms in total. The molecular formula is C8H12ClN3OS. The van der Waals surface area contributed by atoms with Crippen molar-refractivity contribution in [3.8, 4) is 0 Å². The summed E-state index contributed by atoms with van der Waals surface area (Å²) < 4.78 is 0. The fourth-order valence-corrected chi connectivity index (χ4v) is 1.53. The number of hydrogen-bond acceptors (Lipinski definition) is 4. The Labute approximate surface area is 91.7 Å². The predicted octanol–water partition coefficient (Wildman–Crippen LogP) is 2.23. The second-order valence-electron chi connectivity index (χ2n) is 3.21. The highest BCUT2D eigenvalue weighted by molar-refractivity contribution is 7.15. The molecular weight excluding hydrogens is 222 g/mol. The molecule has 0 aliphatic heterocycles. The Morgan fingerprint density at radius 1 is 1.43 bits per heavy atom. The second kappa shape index (κ2) is 4.70. The minimum absolute atomic E-state index is 0.252.